The number of fused-ring (bicyclic) bond motifs is 1. The Kier molecular flexibility index (Phi) is 1.46. The predicted molar refractivity (Wildman–Crippen MR) is 47.0 cm³/mol. The molecule has 0 spiro atoms. The Bertz CT molecular complexity index is 233. The molecule has 1 atom stereocenters. The van der Waals surface area contributed by atoms with Crippen molar-refractivity contribution in [2.75, 3.05) is 0 Å². The third-order valence-electron chi connectivity index (χ3n) is 1.86. The summed E-state index contributed by atoms with van der Waals surface area (Å²) in [6, 6.07) is 0. The summed E-state index contributed by atoms with van der Waals surface area (Å²) in [5.41, 5.74) is 1.49. The van der Waals surface area contributed by atoms with Gasteiger partial charge in [0.15, 0.2) is 0 Å². The van der Waals surface area contributed by atoms with Crippen molar-refractivity contribution in [3.8, 4) is 0 Å². The largest absolute Gasteiger partial charge is 0.118 e. The van der Waals surface area contributed by atoms with Crippen molar-refractivity contribution in [3.63, 3.8) is 0 Å². The minimum absolute atomic E-state index is 0.662. The van der Waals surface area contributed by atoms with Crippen LogP contribution in [-0.2, 0) is 0 Å². The first-order chi connectivity index (χ1) is 4.90. The van der Waals surface area contributed by atoms with E-state index in [4.69, 9.17) is 0 Å². The summed E-state index contributed by atoms with van der Waals surface area (Å²) in [6.45, 7) is 2.21. The number of allylic oxidation sites excluding steroid dienone is 4. The maximum absolute atomic E-state index is 2.31. The lowest BCUT2D eigenvalue weighted by molar-refractivity contribution is 1.20. The third kappa shape index (κ3) is 0.853. The van der Waals surface area contributed by atoms with E-state index in [9.17, 15) is 0 Å². The number of rotatable bonds is 1. The first-order valence-corrected chi connectivity index (χ1v) is 4.53. The molecule has 2 rings (SSSR count). The summed E-state index contributed by atoms with van der Waals surface area (Å²) >= 11 is 1.99. The van der Waals surface area contributed by atoms with E-state index in [1.165, 1.54) is 16.9 Å². The summed E-state index contributed by atoms with van der Waals surface area (Å²) in [4.78, 5) is 1.53. The Hall–Kier alpha value is -0.430. The molecule has 0 amide bonds. The fraction of sp³-hybridized carbons (Fsp3) is 0.333. The molecule has 2 aliphatic rings. The van der Waals surface area contributed by atoms with E-state index in [-0.39, 0.29) is 0 Å². The van der Waals surface area contributed by atoms with Gasteiger partial charge >= 0.3 is 0 Å². The second-order valence-corrected chi connectivity index (χ2v) is 3.82. The van der Waals surface area contributed by atoms with E-state index in [2.05, 4.69) is 31.2 Å². The lowest BCUT2D eigenvalue weighted by Crippen LogP contribution is -1.89. The second-order valence-electron chi connectivity index (χ2n) is 2.55. The Morgan fingerprint density at radius 2 is 2.50 bits per heavy atom. The lowest BCUT2D eigenvalue weighted by atomic mass is 10.2. The highest BCUT2D eigenvalue weighted by Crippen LogP contribution is 2.40. The smallest absolute Gasteiger partial charge is 0.0524 e. The van der Waals surface area contributed by atoms with E-state index in [0.717, 1.165) is 0 Å². The topological polar surface area (TPSA) is 0 Å². The molecule has 0 fully saturated rings. The lowest BCUT2D eigenvalue weighted by Gasteiger charge is -1.99. The van der Waals surface area contributed by atoms with E-state index >= 15 is 0 Å². The molecule has 10 heavy (non-hydrogen) atoms. The fourth-order valence-corrected chi connectivity index (χ4v) is 2.43. The zero-order chi connectivity index (χ0) is 6.97. The molecule has 0 N–H and O–H groups in total. The van der Waals surface area contributed by atoms with Gasteiger partial charge in [-0.05, 0) is 23.0 Å². The van der Waals surface area contributed by atoms with Gasteiger partial charge in [0, 0.05) is 0 Å². The van der Waals surface area contributed by atoms with Crippen LogP contribution in [0.1, 0.15) is 13.3 Å². The van der Waals surface area contributed by atoms with Gasteiger partial charge in [-0.15, -0.1) is 11.8 Å². The quantitative estimate of drug-likeness (QED) is 0.554. The van der Waals surface area contributed by atoms with Gasteiger partial charge in [0.2, 0.25) is 0 Å². The molecule has 0 aromatic rings. The molecule has 1 unspecified atom stereocenters. The molecule has 0 radical (unpaired) electrons. The molecule has 0 nitrogen and oxygen atoms in total. The van der Waals surface area contributed by atoms with Crippen LogP contribution < -0.4 is 0 Å². The predicted octanol–water partition coefficient (Wildman–Crippen LogP) is 2.89. The van der Waals surface area contributed by atoms with Crippen LogP contribution in [0.25, 0.3) is 0 Å². The second kappa shape index (κ2) is 2.31. The highest BCUT2D eigenvalue weighted by molar-refractivity contribution is 8.04. The van der Waals surface area contributed by atoms with Gasteiger partial charge in [-0.1, -0.05) is 25.2 Å². The van der Waals surface area contributed by atoms with Crippen LogP contribution >= 0.6 is 11.8 Å². The van der Waals surface area contributed by atoms with E-state index in [1.807, 2.05) is 11.8 Å². The maximum atomic E-state index is 2.31. The molecule has 52 valence electrons. The van der Waals surface area contributed by atoms with Crippen LogP contribution in [0.15, 0.2) is 34.8 Å². The summed E-state index contributed by atoms with van der Waals surface area (Å²) in [6.07, 6.45) is 10.1. The molecule has 0 aromatic heterocycles. The van der Waals surface area contributed by atoms with Crippen molar-refractivity contribution < 1.29 is 0 Å². The van der Waals surface area contributed by atoms with Gasteiger partial charge < -0.3 is 0 Å². The molecule has 0 saturated heterocycles. The number of hydrogen-bond donors (Lipinski definition) is 0. The number of thioether (sulfide) groups is 1. The third-order valence-corrected chi connectivity index (χ3v) is 3.25. The number of hydrogen-bond acceptors (Lipinski definition) is 1. The van der Waals surface area contributed by atoms with Crippen molar-refractivity contribution in [1.29, 1.82) is 0 Å². The summed E-state index contributed by atoms with van der Waals surface area (Å²) in [5, 5.41) is 0.662. The minimum Gasteiger partial charge on any atom is -0.118 e. The molecule has 1 aliphatic heterocycles. The molecule has 1 aliphatic carbocycles. The van der Waals surface area contributed by atoms with Crippen LogP contribution in [0.5, 0.6) is 0 Å². The van der Waals surface area contributed by atoms with E-state index < -0.39 is 0 Å². The van der Waals surface area contributed by atoms with Crippen LogP contribution in [0, 0.1) is 0 Å². The first kappa shape index (κ1) is 6.29. The highest BCUT2D eigenvalue weighted by Gasteiger charge is 2.20. The summed E-state index contributed by atoms with van der Waals surface area (Å²) in [7, 11) is 0. The van der Waals surface area contributed by atoms with Crippen molar-refractivity contribution >= 4 is 11.8 Å². The molecule has 1 heteroatoms. The van der Waals surface area contributed by atoms with E-state index in [0.29, 0.717) is 5.25 Å². The standard InChI is InChI=1S/C9H10S/c1-2-8-6-7-4-3-5-9(7)10-8/h3-6,9H,2H2,1H3. The molecular weight excluding hydrogens is 140 g/mol. The fourth-order valence-electron chi connectivity index (χ4n) is 1.28. The van der Waals surface area contributed by atoms with Crippen molar-refractivity contribution in [1.82, 2.24) is 0 Å². The van der Waals surface area contributed by atoms with Crippen LogP contribution in [0.4, 0.5) is 0 Å². The molecular formula is C9H10S. The molecule has 0 aromatic carbocycles. The van der Waals surface area contributed by atoms with Gasteiger partial charge in [-0.25, -0.2) is 0 Å². The molecule has 0 bridgehead atoms. The average molecular weight is 150 g/mol. The monoisotopic (exact) mass is 150 g/mol. The van der Waals surface area contributed by atoms with Gasteiger partial charge in [0.25, 0.3) is 0 Å². The van der Waals surface area contributed by atoms with Crippen LogP contribution in [0.3, 0.4) is 0 Å². The maximum Gasteiger partial charge on any atom is 0.0524 e. The van der Waals surface area contributed by atoms with Gasteiger partial charge in [-0.3, -0.25) is 0 Å². The van der Waals surface area contributed by atoms with Crippen LogP contribution in [-0.4, -0.2) is 5.25 Å². The van der Waals surface area contributed by atoms with Gasteiger partial charge in [-0.2, -0.15) is 0 Å². The van der Waals surface area contributed by atoms with Crippen LogP contribution in [0.2, 0.25) is 0 Å². The minimum atomic E-state index is 0.662. The van der Waals surface area contributed by atoms with Crippen molar-refractivity contribution in [3.05, 3.63) is 34.8 Å². The first-order valence-electron chi connectivity index (χ1n) is 3.66. The SMILES string of the molecule is CCC1=CC2=CC=CC2S1. The van der Waals surface area contributed by atoms with Crippen molar-refractivity contribution in [2.45, 2.75) is 18.6 Å². The molecule has 0 saturated carbocycles. The Morgan fingerprint density at radius 3 is 3.20 bits per heavy atom. The average Bonchev–Trinajstić information content (AvgIpc) is 2.42. The summed E-state index contributed by atoms with van der Waals surface area (Å²) < 4.78 is 0. The summed E-state index contributed by atoms with van der Waals surface area (Å²) in [5.74, 6) is 0. The highest BCUT2D eigenvalue weighted by atomic mass is 32.2. The van der Waals surface area contributed by atoms with Gasteiger partial charge in [0.1, 0.15) is 0 Å². The Balaban J connectivity index is 2.23. The van der Waals surface area contributed by atoms with Crippen molar-refractivity contribution in [2.24, 2.45) is 0 Å². The molecule has 1 heterocycles. The zero-order valence-corrected chi connectivity index (χ0v) is 6.82. The van der Waals surface area contributed by atoms with Gasteiger partial charge in [0.05, 0.1) is 5.25 Å². The van der Waals surface area contributed by atoms with E-state index in [1.54, 1.807) is 0 Å². The zero-order valence-electron chi connectivity index (χ0n) is 6.00. The Labute approximate surface area is 65.7 Å². The Morgan fingerprint density at radius 1 is 1.60 bits per heavy atom. The normalized spacial score (nSPS) is 28.3.